The van der Waals surface area contributed by atoms with Gasteiger partial charge in [0.1, 0.15) is 6.33 Å². The zero-order valence-electron chi connectivity index (χ0n) is 6.34. The molecule has 1 aromatic rings. The van der Waals surface area contributed by atoms with Crippen molar-refractivity contribution >= 4 is 0 Å². The van der Waals surface area contributed by atoms with E-state index in [4.69, 9.17) is 5.26 Å². The van der Waals surface area contributed by atoms with Gasteiger partial charge in [-0.1, -0.05) is 0 Å². The molecule has 0 saturated heterocycles. The first kappa shape index (κ1) is 9.45. The van der Waals surface area contributed by atoms with E-state index >= 15 is 0 Å². The third-order valence-electron chi connectivity index (χ3n) is 1.33. The van der Waals surface area contributed by atoms with Crippen molar-refractivity contribution < 1.29 is 13.2 Å². The van der Waals surface area contributed by atoms with E-state index in [2.05, 4.69) is 9.97 Å². The number of aromatic nitrogens is 2. The van der Waals surface area contributed by atoms with E-state index in [-0.39, 0.29) is 12.0 Å². The average molecular weight is 187 g/mol. The third-order valence-corrected chi connectivity index (χ3v) is 1.33. The first-order chi connectivity index (χ1) is 6.05. The van der Waals surface area contributed by atoms with Crippen LogP contribution in [0.5, 0.6) is 0 Å². The summed E-state index contributed by atoms with van der Waals surface area (Å²) in [5.41, 5.74) is -1.23. The Morgan fingerprint density at radius 3 is 2.69 bits per heavy atom. The molecule has 0 atom stereocenters. The molecule has 0 saturated carbocycles. The van der Waals surface area contributed by atoms with E-state index < -0.39 is 11.9 Å². The van der Waals surface area contributed by atoms with Crippen molar-refractivity contribution in [3.05, 3.63) is 23.8 Å². The van der Waals surface area contributed by atoms with Gasteiger partial charge < -0.3 is 0 Å². The number of hydrogen-bond acceptors (Lipinski definition) is 3. The normalized spacial score (nSPS) is 10.9. The van der Waals surface area contributed by atoms with Gasteiger partial charge in [0, 0.05) is 11.8 Å². The van der Waals surface area contributed by atoms with Gasteiger partial charge in [-0.05, 0) is 0 Å². The van der Waals surface area contributed by atoms with Crippen LogP contribution in [0.3, 0.4) is 0 Å². The molecule has 0 aliphatic carbocycles. The van der Waals surface area contributed by atoms with Crippen molar-refractivity contribution in [2.75, 3.05) is 0 Å². The van der Waals surface area contributed by atoms with E-state index in [1.807, 2.05) is 0 Å². The molecule has 68 valence electrons. The molecule has 0 N–H and O–H groups in total. The summed E-state index contributed by atoms with van der Waals surface area (Å²) < 4.78 is 36.5. The van der Waals surface area contributed by atoms with Crippen molar-refractivity contribution in [3.63, 3.8) is 0 Å². The van der Waals surface area contributed by atoms with Crippen LogP contribution in [0.4, 0.5) is 13.2 Å². The van der Waals surface area contributed by atoms with Crippen molar-refractivity contribution in [1.82, 2.24) is 9.97 Å². The summed E-state index contributed by atoms with van der Waals surface area (Å²) in [7, 11) is 0. The van der Waals surface area contributed by atoms with Gasteiger partial charge >= 0.3 is 6.18 Å². The molecule has 0 radical (unpaired) electrons. The SMILES string of the molecule is N#CCc1cncnc1C(F)(F)F. The minimum absolute atomic E-state index is 0.197. The Bertz CT molecular complexity index is 340. The molecular weight excluding hydrogens is 183 g/mol. The minimum Gasteiger partial charge on any atom is -0.244 e. The fraction of sp³-hybridized carbons (Fsp3) is 0.286. The quantitative estimate of drug-likeness (QED) is 0.670. The van der Waals surface area contributed by atoms with Crippen LogP contribution in [-0.2, 0) is 12.6 Å². The maximum Gasteiger partial charge on any atom is 0.433 e. The van der Waals surface area contributed by atoms with E-state index in [9.17, 15) is 13.2 Å². The van der Waals surface area contributed by atoms with E-state index in [1.165, 1.54) is 0 Å². The number of halogens is 3. The van der Waals surface area contributed by atoms with Gasteiger partial charge in [0.05, 0.1) is 12.5 Å². The van der Waals surface area contributed by atoms with Crippen molar-refractivity contribution in [1.29, 1.82) is 5.26 Å². The fourth-order valence-electron chi connectivity index (χ4n) is 0.828. The molecular formula is C7H4F3N3. The number of nitrogens with zero attached hydrogens (tertiary/aromatic N) is 3. The largest absolute Gasteiger partial charge is 0.433 e. The van der Waals surface area contributed by atoms with Gasteiger partial charge in [-0.3, -0.25) is 0 Å². The van der Waals surface area contributed by atoms with Gasteiger partial charge in [-0.15, -0.1) is 0 Å². The zero-order chi connectivity index (χ0) is 9.90. The fourth-order valence-corrected chi connectivity index (χ4v) is 0.828. The Morgan fingerprint density at radius 2 is 2.15 bits per heavy atom. The first-order valence-corrected chi connectivity index (χ1v) is 3.28. The second kappa shape index (κ2) is 3.39. The Morgan fingerprint density at radius 1 is 1.46 bits per heavy atom. The highest BCUT2D eigenvalue weighted by molar-refractivity contribution is 5.21. The highest BCUT2D eigenvalue weighted by Crippen LogP contribution is 2.29. The molecule has 0 aliphatic rings. The summed E-state index contributed by atoms with van der Waals surface area (Å²) >= 11 is 0. The molecule has 0 aromatic carbocycles. The molecule has 0 spiro atoms. The summed E-state index contributed by atoms with van der Waals surface area (Å²) in [6.45, 7) is 0. The molecule has 0 bridgehead atoms. The van der Waals surface area contributed by atoms with Crippen LogP contribution >= 0.6 is 0 Å². The molecule has 0 aliphatic heterocycles. The van der Waals surface area contributed by atoms with Gasteiger partial charge in [0.15, 0.2) is 5.69 Å². The zero-order valence-corrected chi connectivity index (χ0v) is 6.34. The standard InChI is InChI=1S/C7H4F3N3/c8-7(9,10)6-5(1-2-11)3-12-4-13-6/h3-4H,1H2. The van der Waals surface area contributed by atoms with Gasteiger partial charge in [-0.25, -0.2) is 9.97 Å². The molecule has 1 rings (SSSR count). The Labute approximate surface area is 71.9 Å². The summed E-state index contributed by atoms with van der Waals surface area (Å²) in [6.07, 6.45) is -3.05. The van der Waals surface area contributed by atoms with Gasteiger partial charge in [-0.2, -0.15) is 18.4 Å². The second-order valence-electron chi connectivity index (χ2n) is 2.23. The average Bonchev–Trinajstić information content (AvgIpc) is 2.04. The number of hydrogen-bond donors (Lipinski definition) is 0. The minimum atomic E-state index is -4.52. The number of rotatable bonds is 1. The maximum atomic E-state index is 12.2. The molecule has 1 aromatic heterocycles. The third kappa shape index (κ3) is 2.15. The monoisotopic (exact) mass is 187 g/mol. The molecule has 13 heavy (non-hydrogen) atoms. The Hall–Kier alpha value is -1.64. The molecule has 6 heteroatoms. The maximum absolute atomic E-state index is 12.2. The van der Waals surface area contributed by atoms with Crippen molar-refractivity contribution in [2.45, 2.75) is 12.6 Å². The predicted molar refractivity (Wildman–Crippen MR) is 36.4 cm³/mol. The van der Waals surface area contributed by atoms with Gasteiger partial charge in [0.2, 0.25) is 0 Å². The summed E-state index contributed by atoms with van der Waals surface area (Å²) in [4.78, 5) is 6.50. The highest BCUT2D eigenvalue weighted by atomic mass is 19.4. The number of alkyl halides is 3. The Kier molecular flexibility index (Phi) is 2.46. The predicted octanol–water partition coefficient (Wildman–Crippen LogP) is 1.56. The molecule has 0 unspecified atom stereocenters. The molecule has 0 amide bonds. The lowest BCUT2D eigenvalue weighted by Gasteiger charge is -2.07. The van der Waals surface area contributed by atoms with Crippen LogP contribution in [0.25, 0.3) is 0 Å². The van der Waals surface area contributed by atoms with Crippen LogP contribution in [0.2, 0.25) is 0 Å². The smallest absolute Gasteiger partial charge is 0.244 e. The van der Waals surface area contributed by atoms with Crippen LogP contribution in [0, 0.1) is 11.3 Å². The van der Waals surface area contributed by atoms with Crippen LogP contribution < -0.4 is 0 Å². The highest BCUT2D eigenvalue weighted by Gasteiger charge is 2.35. The molecule has 3 nitrogen and oxygen atoms in total. The van der Waals surface area contributed by atoms with Gasteiger partial charge in [0.25, 0.3) is 0 Å². The number of nitriles is 1. The van der Waals surface area contributed by atoms with Crippen LogP contribution in [-0.4, -0.2) is 9.97 Å². The topological polar surface area (TPSA) is 49.6 Å². The lowest BCUT2D eigenvalue weighted by atomic mass is 10.2. The summed E-state index contributed by atoms with van der Waals surface area (Å²) in [6, 6.07) is 1.62. The molecule has 0 fully saturated rings. The van der Waals surface area contributed by atoms with E-state index in [0.717, 1.165) is 12.5 Å². The first-order valence-electron chi connectivity index (χ1n) is 3.28. The van der Waals surface area contributed by atoms with Crippen molar-refractivity contribution in [3.8, 4) is 6.07 Å². The lowest BCUT2D eigenvalue weighted by molar-refractivity contribution is -0.141. The van der Waals surface area contributed by atoms with Crippen LogP contribution in [0.1, 0.15) is 11.3 Å². The summed E-state index contributed by atoms with van der Waals surface area (Å²) in [5, 5.41) is 8.24. The lowest BCUT2D eigenvalue weighted by Crippen LogP contribution is -2.12. The van der Waals surface area contributed by atoms with Crippen LogP contribution in [0.15, 0.2) is 12.5 Å². The Balaban J connectivity index is 3.14. The molecule has 1 heterocycles. The summed E-state index contributed by atoms with van der Waals surface area (Å²) in [5.74, 6) is 0. The van der Waals surface area contributed by atoms with E-state index in [1.54, 1.807) is 6.07 Å². The van der Waals surface area contributed by atoms with E-state index in [0.29, 0.717) is 0 Å². The second-order valence-corrected chi connectivity index (χ2v) is 2.23. The van der Waals surface area contributed by atoms with Crippen molar-refractivity contribution in [2.24, 2.45) is 0 Å².